The Labute approximate surface area is 204 Å². The highest BCUT2D eigenvalue weighted by molar-refractivity contribution is 9.10. The van der Waals surface area contributed by atoms with Crippen molar-refractivity contribution in [2.24, 2.45) is 0 Å². The van der Waals surface area contributed by atoms with Crippen molar-refractivity contribution in [3.05, 3.63) is 75.6 Å². The lowest BCUT2D eigenvalue weighted by molar-refractivity contribution is 0.0595. The molecule has 0 aliphatic heterocycles. The Balaban J connectivity index is 1.61. The number of hydrogen-bond acceptors (Lipinski definition) is 5. The molecule has 4 rings (SSSR count). The van der Waals surface area contributed by atoms with Crippen molar-refractivity contribution in [1.82, 2.24) is 20.1 Å². The fourth-order valence-corrected chi connectivity index (χ4v) is 6.12. The molecule has 0 saturated carbocycles. The molecule has 3 N–H and O–H groups in total. The molecule has 13 heteroatoms. The van der Waals surface area contributed by atoms with Crippen LogP contribution in [0, 0.1) is 0 Å². The highest BCUT2D eigenvalue weighted by Crippen LogP contribution is 2.62. The first-order valence-electron chi connectivity index (χ1n) is 9.77. The fourth-order valence-electron chi connectivity index (χ4n) is 3.20. The number of para-hydroxylation sites is 1. The maximum atomic E-state index is 14.3. The molecule has 0 aliphatic carbocycles. The van der Waals surface area contributed by atoms with Crippen LogP contribution >= 0.6 is 34.9 Å². The second-order valence-corrected chi connectivity index (χ2v) is 11.5. The van der Waals surface area contributed by atoms with Gasteiger partial charge < -0.3 is 15.1 Å². The number of alkyl halides is 2. The third kappa shape index (κ3) is 4.44. The van der Waals surface area contributed by atoms with E-state index >= 15 is 0 Å². The molecule has 0 atom stereocenters. The van der Waals surface area contributed by atoms with E-state index < -0.39 is 29.6 Å². The lowest BCUT2D eigenvalue weighted by Crippen LogP contribution is -2.42. The molecule has 8 nitrogen and oxygen atoms in total. The van der Waals surface area contributed by atoms with E-state index in [1.54, 1.807) is 18.5 Å². The summed E-state index contributed by atoms with van der Waals surface area (Å²) >= 11 is 3.56. The number of nitrogens with zero attached hydrogens (tertiary/aromatic N) is 3. The van der Waals surface area contributed by atoms with E-state index in [2.05, 4.69) is 31.3 Å². The van der Waals surface area contributed by atoms with Crippen molar-refractivity contribution in [2.75, 3.05) is 0 Å². The average Bonchev–Trinajstić information content (AvgIpc) is 3.39. The van der Waals surface area contributed by atoms with Gasteiger partial charge in [-0.2, -0.15) is 8.78 Å². The SMILES string of the molecule is CC(C)(NC(=O)c1ccc2sc(C(F)(F)P(=O)(O)O)c(Br)c2c1)c1ncn(-c2ccccc2)n1. The summed E-state index contributed by atoms with van der Waals surface area (Å²) in [4.78, 5) is 34.6. The summed E-state index contributed by atoms with van der Waals surface area (Å²) in [6.07, 6.45) is 1.54. The Bertz CT molecular complexity index is 1440. The quantitative estimate of drug-likeness (QED) is 0.276. The smallest absolute Gasteiger partial charge is 0.340 e. The van der Waals surface area contributed by atoms with Gasteiger partial charge in [0, 0.05) is 20.1 Å². The molecule has 1 amide bonds. The lowest BCUT2D eigenvalue weighted by Gasteiger charge is -2.23. The van der Waals surface area contributed by atoms with Gasteiger partial charge >= 0.3 is 13.3 Å². The van der Waals surface area contributed by atoms with Gasteiger partial charge in [0.25, 0.3) is 5.91 Å². The van der Waals surface area contributed by atoms with E-state index in [1.165, 1.54) is 24.5 Å². The number of halogens is 3. The van der Waals surface area contributed by atoms with E-state index in [-0.39, 0.29) is 15.4 Å². The van der Waals surface area contributed by atoms with Crippen molar-refractivity contribution in [3.63, 3.8) is 0 Å². The third-order valence-electron chi connectivity index (χ3n) is 5.03. The Hall–Kier alpha value is -2.50. The van der Waals surface area contributed by atoms with Crippen molar-refractivity contribution in [1.29, 1.82) is 0 Å². The minimum Gasteiger partial charge on any atom is -0.340 e. The lowest BCUT2D eigenvalue weighted by atomic mass is 10.0. The van der Waals surface area contributed by atoms with Gasteiger partial charge in [0.1, 0.15) is 11.2 Å². The summed E-state index contributed by atoms with van der Waals surface area (Å²) in [5, 5.41) is 7.52. The van der Waals surface area contributed by atoms with E-state index in [9.17, 15) is 18.1 Å². The van der Waals surface area contributed by atoms with Gasteiger partial charge in [-0.3, -0.25) is 9.36 Å². The molecule has 2 aromatic heterocycles. The zero-order valence-corrected chi connectivity index (χ0v) is 21.0. The molecule has 0 radical (unpaired) electrons. The van der Waals surface area contributed by atoms with Crippen molar-refractivity contribution >= 4 is 50.9 Å². The third-order valence-corrected chi connectivity index (χ3v) is 8.46. The Morgan fingerprint density at radius 1 is 1.18 bits per heavy atom. The van der Waals surface area contributed by atoms with Gasteiger partial charge in [0.15, 0.2) is 5.82 Å². The van der Waals surface area contributed by atoms with Crippen LogP contribution in [0.15, 0.2) is 59.3 Å². The number of carbonyl (C=O) groups excluding carboxylic acids is 1. The number of hydrogen-bond donors (Lipinski definition) is 3. The van der Waals surface area contributed by atoms with Crippen molar-refractivity contribution < 1.29 is 27.9 Å². The largest absolute Gasteiger partial charge is 0.400 e. The highest BCUT2D eigenvalue weighted by Gasteiger charge is 2.53. The zero-order chi connectivity index (χ0) is 24.9. The molecule has 2 aromatic carbocycles. The van der Waals surface area contributed by atoms with Gasteiger partial charge in [-0.25, -0.2) is 9.67 Å². The number of aromatic nitrogens is 3. The van der Waals surface area contributed by atoms with E-state index in [1.807, 2.05) is 30.3 Å². The second-order valence-electron chi connectivity index (χ2n) is 7.97. The second kappa shape index (κ2) is 8.62. The number of amides is 1. The van der Waals surface area contributed by atoms with Gasteiger partial charge in [-0.05, 0) is 60.1 Å². The normalized spacial score (nSPS) is 12.8. The van der Waals surface area contributed by atoms with Crippen LogP contribution in [0.5, 0.6) is 0 Å². The van der Waals surface area contributed by atoms with Crippen LogP contribution in [-0.4, -0.2) is 30.5 Å². The summed E-state index contributed by atoms with van der Waals surface area (Å²) in [6, 6.07) is 13.6. The van der Waals surface area contributed by atoms with Crippen LogP contribution in [0.1, 0.15) is 34.9 Å². The zero-order valence-electron chi connectivity index (χ0n) is 17.7. The molecular weight excluding hydrogens is 553 g/mol. The molecule has 0 spiro atoms. The van der Waals surface area contributed by atoms with Gasteiger partial charge in [-0.1, -0.05) is 18.2 Å². The number of fused-ring (bicyclic) bond motifs is 1. The molecule has 0 aliphatic rings. The Morgan fingerprint density at radius 3 is 2.50 bits per heavy atom. The number of benzene rings is 2. The monoisotopic (exact) mass is 570 g/mol. The maximum absolute atomic E-state index is 14.3. The highest BCUT2D eigenvalue weighted by atomic mass is 79.9. The summed E-state index contributed by atoms with van der Waals surface area (Å²) in [5.41, 5.74) is -4.34. The van der Waals surface area contributed by atoms with Crippen LogP contribution in [-0.2, 0) is 15.8 Å². The van der Waals surface area contributed by atoms with Gasteiger partial charge in [-0.15, -0.1) is 16.4 Å². The van der Waals surface area contributed by atoms with E-state index in [0.717, 1.165) is 5.69 Å². The fraction of sp³-hybridized carbons (Fsp3) is 0.190. The summed E-state index contributed by atoms with van der Waals surface area (Å²) in [7, 11) is -5.73. The molecule has 0 unspecified atom stereocenters. The van der Waals surface area contributed by atoms with Gasteiger partial charge in [0.05, 0.1) is 11.2 Å². The molecule has 4 aromatic rings. The molecule has 2 heterocycles. The maximum Gasteiger partial charge on any atom is 0.400 e. The van der Waals surface area contributed by atoms with Crippen LogP contribution in [0.3, 0.4) is 0 Å². The standard InChI is InChI=1S/C21H18BrF2N4O4PS/c1-20(2,19-25-11-28(27-19)13-6-4-3-5-7-13)26-18(29)12-8-9-15-14(10-12)16(22)17(34-15)21(23,24)33(30,31)32/h3-11H,1-2H3,(H,26,29)(H2,30,31,32). The first kappa shape index (κ1) is 24.6. The van der Waals surface area contributed by atoms with E-state index in [0.29, 0.717) is 21.9 Å². The Morgan fingerprint density at radius 2 is 1.85 bits per heavy atom. The number of thiophene rings is 1. The average molecular weight is 571 g/mol. The molecule has 178 valence electrons. The summed E-state index contributed by atoms with van der Waals surface area (Å²) in [6.45, 7) is 3.46. The number of rotatable bonds is 6. The minimum atomic E-state index is -5.73. The van der Waals surface area contributed by atoms with Crippen LogP contribution in [0.25, 0.3) is 15.8 Å². The minimum absolute atomic E-state index is 0.169. The Kier molecular flexibility index (Phi) is 6.24. The van der Waals surface area contributed by atoms with Crippen LogP contribution < -0.4 is 5.32 Å². The molecular formula is C21H18BrF2N4O4PS. The molecule has 0 fully saturated rings. The van der Waals surface area contributed by atoms with Crippen LogP contribution in [0.4, 0.5) is 8.78 Å². The molecule has 0 bridgehead atoms. The van der Waals surface area contributed by atoms with Crippen LogP contribution in [0.2, 0.25) is 0 Å². The first-order valence-corrected chi connectivity index (χ1v) is 13.0. The van der Waals surface area contributed by atoms with Gasteiger partial charge in [0.2, 0.25) is 0 Å². The molecule has 34 heavy (non-hydrogen) atoms. The van der Waals surface area contributed by atoms with E-state index in [4.69, 9.17) is 9.79 Å². The van der Waals surface area contributed by atoms with Crippen molar-refractivity contribution in [2.45, 2.75) is 25.1 Å². The molecule has 0 saturated heterocycles. The number of nitrogens with one attached hydrogen (secondary N) is 1. The van der Waals surface area contributed by atoms with Crippen molar-refractivity contribution in [3.8, 4) is 5.69 Å². The summed E-state index contributed by atoms with van der Waals surface area (Å²) < 4.78 is 41.6. The number of carbonyl (C=O) groups is 1. The predicted octanol–water partition coefficient (Wildman–Crippen LogP) is 5.14. The topological polar surface area (TPSA) is 117 Å². The first-order chi connectivity index (χ1) is 15.8. The summed E-state index contributed by atoms with van der Waals surface area (Å²) in [5.74, 6) is -0.129. The predicted molar refractivity (Wildman–Crippen MR) is 127 cm³/mol.